The van der Waals surface area contributed by atoms with Crippen LogP contribution in [-0.4, -0.2) is 53.2 Å². The van der Waals surface area contributed by atoms with Crippen molar-refractivity contribution in [2.75, 3.05) is 17.2 Å². The quantitative estimate of drug-likeness (QED) is 0.112. The topological polar surface area (TPSA) is 187 Å². The zero-order valence-corrected chi connectivity index (χ0v) is 43.1. The maximum absolute atomic E-state index is 13.3. The average Bonchev–Trinajstić information content (AvgIpc) is 3.55. The normalized spacial score (nSPS) is 13.4. The van der Waals surface area contributed by atoms with Crippen LogP contribution in [0.5, 0.6) is 0 Å². The number of pyridine rings is 3. The number of anilines is 3. The second kappa shape index (κ2) is 21.6. The third-order valence-corrected chi connectivity index (χ3v) is 13.8. The molecule has 0 saturated carbocycles. The third-order valence-electron chi connectivity index (χ3n) is 11.4. The van der Waals surface area contributed by atoms with Gasteiger partial charge in [0.15, 0.2) is 0 Å². The third kappa shape index (κ3) is 12.3. The molecule has 5 aromatic heterocycles. The molecule has 0 spiro atoms. The molecule has 0 atom stereocenters. The number of nitrogens with two attached hydrogens (primary N) is 3. The van der Waals surface area contributed by atoms with E-state index in [0.29, 0.717) is 23.1 Å². The Labute approximate surface area is 424 Å². The van der Waals surface area contributed by atoms with Crippen molar-refractivity contribution in [3.63, 3.8) is 0 Å². The predicted molar refractivity (Wildman–Crippen MR) is 283 cm³/mol. The highest BCUT2D eigenvalue weighted by Gasteiger charge is 2.51. The lowest BCUT2D eigenvalue weighted by atomic mass is 9.78. The van der Waals surface area contributed by atoms with Crippen LogP contribution in [0, 0.1) is 25.5 Å². The zero-order valence-electron chi connectivity index (χ0n) is 38.3. The molecule has 6 N–H and O–H groups in total. The molecule has 0 amide bonds. The van der Waals surface area contributed by atoms with E-state index in [1.54, 1.807) is 55.1 Å². The highest BCUT2D eigenvalue weighted by molar-refractivity contribution is 9.13. The summed E-state index contributed by atoms with van der Waals surface area (Å²) in [6.45, 7) is 12.2. The molecular weight excluding hydrogens is 1070 g/mol. The Balaban J connectivity index is 0.000000144. The molecule has 1 fully saturated rings. The van der Waals surface area contributed by atoms with Crippen LogP contribution in [0.2, 0.25) is 0 Å². The SMILES string of the molecule is Cc1ncnc2ccc(-c3ccc(N)nc3-c3ccc(F)cc3)cc12.Cc1ncnc2ccc(B3OC(C)(C)C(C)(C)O3)cc12.Nc1ccc(Br)c(-c2ccc(F)cc2)n1.Nc1ccc(Br)c(Br)n1. The Hall–Kier alpha value is -6.31. The van der Waals surface area contributed by atoms with Gasteiger partial charge in [-0.15, -0.1) is 0 Å². The van der Waals surface area contributed by atoms with Crippen molar-refractivity contribution in [3.8, 4) is 33.6 Å². The van der Waals surface area contributed by atoms with Gasteiger partial charge in [-0.2, -0.15) is 0 Å². The van der Waals surface area contributed by atoms with Crippen LogP contribution in [0.25, 0.3) is 55.4 Å². The van der Waals surface area contributed by atoms with Crippen LogP contribution in [0.3, 0.4) is 0 Å². The monoisotopic (exact) mass is 1120 g/mol. The summed E-state index contributed by atoms with van der Waals surface area (Å²) in [4.78, 5) is 29.6. The Morgan fingerprint density at radius 3 is 1.48 bits per heavy atom. The van der Waals surface area contributed by atoms with Crippen LogP contribution >= 0.6 is 47.8 Å². The molecular formula is C51H46BBr3F2N10O2. The summed E-state index contributed by atoms with van der Waals surface area (Å²) in [5, 5.41) is 2.03. The molecule has 1 aliphatic rings. The lowest BCUT2D eigenvalue weighted by Gasteiger charge is -2.32. The molecule has 0 unspecified atom stereocenters. The van der Waals surface area contributed by atoms with E-state index >= 15 is 0 Å². The molecule has 4 aromatic carbocycles. The molecule has 0 bridgehead atoms. The largest absolute Gasteiger partial charge is 0.494 e. The van der Waals surface area contributed by atoms with E-state index in [1.807, 2.05) is 62.4 Å². The van der Waals surface area contributed by atoms with Gasteiger partial charge in [-0.3, -0.25) is 0 Å². The van der Waals surface area contributed by atoms with Crippen LogP contribution in [-0.2, 0) is 9.31 Å². The van der Waals surface area contributed by atoms with E-state index in [0.717, 1.165) is 80.2 Å². The average molecular weight is 1120 g/mol. The number of halogens is 5. The summed E-state index contributed by atoms with van der Waals surface area (Å²) in [5.41, 5.74) is 25.9. The maximum Gasteiger partial charge on any atom is 0.494 e. The van der Waals surface area contributed by atoms with Gasteiger partial charge in [0, 0.05) is 43.3 Å². The number of nitrogens with zero attached hydrogens (tertiary/aromatic N) is 7. The zero-order chi connectivity index (χ0) is 49.6. The fourth-order valence-electron chi connectivity index (χ4n) is 6.92. The maximum atomic E-state index is 13.3. The van der Waals surface area contributed by atoms with Gasteiger partial charge in [-0.1, -0.05) is 18.2 Å². The van der Waals surface area contributed by atoms with Crippen molar-refractivity contribution < 1.29 is 18.1 Å². The Bertz CT molecular complexity index is 3260. The first kappa shape index (κ1) is 50.6. The van der Waals surface area contributed by atoms with Gasteiger partial charge in [-0.05, 0) is 203 Å². The summed E-state index contributed by atoms with van der Waals surface area (Å²) >= 11 is 9.85. The number of nitrogen functional groups attached to an aromatic ring is 3. The molecule has 69 heavy (non-hydrogen) atoms. The number of aryl methyl sites for hydroxylation is 2. The molecule has 10 rings (SSSR count). The van der Waals surface area contributed by atoms with Gasteiger partial charge < -0.3 is 26.5 Å². The summed E-state index contributed by atoms with van der Waals surface area (Å²) in [7, 11) is -0.344. The Morgan fingerprint density at radius 1 is 0.493 bits per heavy atom. The smallest absolute Gasteiger partial charge is 0.399 e. The number of rotatable bonds is 4. The fraction of sp³-hybridized carbons (Fsp3) is 0.157. The van der Waals surface area contributed by atoms with E-state index in [4.69, 9.17) is 26.5 Å². The fourth-order valence-corrected chi connectivity index (χ4v) is 7.92. The van der Waals surface area contributed by atoms with Crippen molar-refractivity contribution in [2.45, 2.75) is 52.7 Å². The van der Waals surface area contributed by atoms with E-state index in [1.165, 1.54) is 24.3 Å². The summed E-state index contributed by atoms with van der Waals surface area (Å²) in [5.74, 6) is 0.831. The van der Waals surface area contributed by atoms with E-state index in [9.17, 15) is 8.78 Å². The number of benzene rings is 4. The standard InChI is InChI=1S/C20H15FN4.C15H19BN2O2.C11H8BrFN2.C5H4Br2N2/c1-12-17-10-14(4-8-18(17)24-11-23-12)16-7-9-19(22)25-20(16)13-2-5-15(21)6-3-13;1-10-12-8-11(6-7-13(12)18-9-17-10)16-19-14(2,3)15(4,5)20-16;12-9-5-6-10(14)15-11(9)7-1-3-8(13)4-2-7;6-3-1-2-4(8)9-5(3)7/h2-11H,1H3,(H2,22,25);6-9H,1-5H3;1-6H,(H2,14,15);1-2H,(H2,8,9). The van der Waals surface area contributed by atoms with Gasteiger partial charge in [0.2, 0.25) is 0 Å². The van der Waals surface area contributed by atoms with E-state index in [-0.39, 0.29) is 30.0 Å². The number of hydrogen-bond acceptors (Lipinski definition) is 12. The van der Waals surface area contributed by atoms with Gasteiger partial charge >= 0.3 is 7.12 Å². The highest BCUT2D eigenvalue weighted by atomic mass is 79.9. The number of hydrogen-bond donors (Lipinski definition) is 3. The molecule has 12 nitrogen and oxygen atoms in total. The van der Waals surface area contributed by atoms with Crippen molar-refractivity contribution in [1.29, 1.82) is 0 Å². The lowest BCUT2D eigenvalue weighted by molar-refractivity contribution is 0.00578. The minimum Gasteiger partial charge on any atom is -0.399 e. The molecule has 6 heterocycles. The summed E-state index contributed by atoms with van der Waals surface area (Å²) in [6.07, 6.45) is 3.15. The van der Waals surface area contributed by atoms with Crippen LogP contribution in [0.15, 0.2) is 148 Å². The van der Waals surface area contributed by atoms with Crippen molar-refractivity contribution in [1.82, 2.24) is 34.9 Å². The summed E-state index contributed by atoms with van der Waals surface area (Å²) in [6, 6.07) is 35.2. The first-order chi connectivity index (χ1) is 32.8. The van der Waals surface area contributed by atoms with Gasteiger partial charge in [0.05, 0.1) is 38.1 Å². The van der Waals surface area contributed by atoms with Crippen LogP contribution in [0.4, 0.5) is 26.2 Å². The molecule has 0 aliphatic carbocycles. The van der Waals surface area contributed by atoms with Crippen molar-refractivity contribution in [2.24, 2.45) is 0 Å². The lowest BCUT2D eigenvalue weighted by Crippen LogP contribution is -2.41. The van der Waals surface area contributed by atoms with Crippen molar-refractivity contribution >= 4 is 99.6 Å². The number of aromatic nitrogens is 7. The highest BCUT2D eigenvalue weighted by Crippen LogP contribution is 2.37. The van der Waals surface area contributed by atoms with Crippen molar-refractivity contribution in [3.05, 3.63) is 171 Å². The molecule has 9 aromatic rings. The second-order valence-electron chi connectivity index (χ2n) is 16.7. The van der Waals surface area contributed by atoms with Crippen LogP contribution in [0.1, 0.15) is 39.1 Å². The van der Waals surface area contributed by atoms with Gasteiger partial charge in [0.25, 0.3) is 0 Å². The molecule has 1 aliphatic heterocycles. The molecule has 18 heteroatoms. The first-order valence-corrected chi connectivity index (χ1v) is 23.7. The van der Waals surface area contributed by atoms with Gasteiger partial charge in [0.1, 0.15) is 46.3 Å². The second-order valence-corrected chi connectivity index (χ2v) is 19.2. The predicted octanol–water partition coefficient (Wildman–Crippen LogP) is 12.0. The molecule has 0 radical (unpaired) electrons. The van der Waals surface area contributed by atoms with E-state index < -0.39 is 0 Å². The summed E-state index contributed by atoms with van der Waals surface area (Å²) < 4.78 is 40.6. The minimum absolute atomic E-state index is 0.265. The van der Waals surface area contributed by atoms with Crippen LogP contribution < -0.4 is 22.7 Å². The molecule has 1 saturated heterocycles. The first-order valence-electron chi connectivity index (χ1n) is 21.3. The van der Waals surface area contributed by atoms with E-state index in [2.05, 4.69) is 116 Å². The Kier molecular flexibility index (Phi) is 15.8. The minimum atomic E-state index is -0.344. The molecule has 350 valence electrons. The Morgan fingerprint density at radius 2 is 0.942 bits per heavy atom. The van der Waals surface area contributed by atoms with Gasteiger partial charge in [-0.25, -0.2) is 43.7 Å². The number of fused-ring (bicyclic) bond motifs is 2.